The highest BCUT2D eigenvalue weighted by atomic mass is 32.2. The molecule has 2 N–H and O–H groups in total. The van der Waals surface area contributed by atoms with Crippen LogP contribution < -0.4 is 4.72 Å². The third-order valence-electron chi connectivity index (χ3n) is 3.00. The fourth-order valence-electron chi connectivity index (χ4n) is 1.96. The summed E-state index contributed by atoms with van der Waals surface area (Å²) >= 11 is 0. The fourth-order valence-corrected chi connectivity index (χ4v) is 2.63. The summed E-state index contributed by atoms with van der Waals surface area (Å²) in [6, 6.07) is 0. The number of aliphatic hydroxyl groups excluding tert-OH is 1. The molecule has 0 aromatic carbocycles. The van der Waals surface area contributed by atoms with Crippen molar-refractivity contribution in [2.75, 3.05) is 18.9 Å². The molecule has 14 heavy (non-hydrogen) atoms. The quantitative estimate of drug-likeness (QED) is 0.703. The van der Waals surface area contributed by atoms with Gasteiger partial charge >= 0.3 is 0 Å². The van der Waals surface area contributed by atoms with Crippen molar-refractivity contribution < 1.29 is 13.5 Å². The highest BCUT2D eigenvalue weighted by Crippen LogP contribution is 2.30. The predicted molar refractivity (Wildman–Crippen MR) is 55.4 cm³/mol. The smallest absolute Gasteiger partial charge is 0.211 e. The molecule has 2 unspecified atom stereocenters. The number of aliphatic hydroxyl groups is 1. The summed E-state index contributed by atoms with van der Waals surface area (Å²) < 4.78 is 24.9. The van der Waals surface area contributed by atoms with Gasteiger partial charge in [-0.15, -0.1) is 0 Å². The van der Waals surface area contributed by atoms with E-state index in [-0.39, 0.29) is 18.3 Å². The Bertz CT molecular complexity index is 263. The molecule has 1 rings (SSSR count). The van der Waals surface area contributed by atoms with Crippen LogP contribution in [0.1, 0.15) is 26.2 Å². The van der Waals surface area contributed by atoms with Gasteiger partial charge in [-0.2, -0.15) is 0 Å². The Morgan fingerprint density at radius 2 is 2.00 bits per heavy atom. The van der Waals surface area contributed by atoms with Crippen molar-refractivity contribution in [1.82, 2.24) is 4.72 Å². The van der Waals surface area contributed by atoms with Crippen LogP contribution in [0.15, 0.2) is 0 Å². The zero-order valence-electron chi connectivity index (χ0n) is 8.57. The summed E-state index contributed by atoms with van der Waals surface area (Å²) in [5.74, 6) is 0.736. The largest absolute Gasteiger partial charge is 0.396 e. The molecule has 0 saturated heterocycles. The fraction of sp³-hybridized carbons (Fsp3) is 1.00. The number of hydrogen-bond acceptors (Lipinski definition) is 3. The van der Waals surface area contributed by atoms with E-state index in [9.17, 15) is 8.42 Å². The second-order valence-electron chi connectivity index (χ2n) is 3.89. The SMILES string of the molecule is CCS(=O)(=O)NCC1CCCC1CO. The van der Waals surface area contributed by atoms with Crippen LogP contribution in [0.2, 0.25) is 0 Å². The normalized spacial score (nSPS) is 28.1. The average molecular weight is 221 g/mol. The van der Waals surface area contributed by atoms with Gasteiger partial charge in [0.25, 0.3) is 0 Å². The van der Waals surface area contributed by atoms with E-state index in [1.165, 1.54) is 0 Å². The van der Waals surface area contributed by atoms with Gasteiger partial charge in [-0.3, -0.25) is 0 Å². The summed E-state index contributed by atoms with van der Waals surface area (Å²) in [4.78, 5) is 0. The van der Waals surface area contributed by atoms with Crippen LogP contribution in [-0.2, 0) is 10.0 Å². The van der Waals surface area contributed by atoms with Crippen molar-refractivity contribution in [3.05, 3.63) is 0 Å². The highest BCUT2D eigenvalue weighted by Gasteiger charge is 2.27. The topological polar surface area (TPSA) is 66.4 Å². The van der Waals surface area contributed by atoms with Gasteiger partial charge < -0.3 is 5.11 Å². The summed E-state index contributed by atoms with van der Waals surface area (Å²) in [6.07, 6.45) is 3.15. The second-order valence-corrected chi connectivity index (χ2v) is 5.98. The molecule has 0 aromatic heterocycles. The Kier molecular flexibility index (Phi) is 4.34. The third-order valence-corrected chi connectivity index (χ3v) is 4.36. The molecule has 0 aliphatic heterocycles. The minimum Gasteiger partial charge on any atom is -0.396 e. The van der Waals surface area contributed by atoms with Gasteiger partial charge in [-0.05, 0) is 31.6 Å². The molecular weight excluding hydrogens is 202 g/mol. The molecule has 0 heterocycles. The molecule has 0 radical (unpaired) electrons. The number of sulfonamides is 1. The monoisotopic (exact) mass is 221 g/mol. The molecule has 5 heteroatoms. The zero-order chi connectivity index (χ0) is 10.6. The van der Waals surface area contributed by atoms with E-state index in [1.807, 2.05) is 0 Å². The molecule has 0 bridgehead atoms. The Labute approximate surface area is 85.8 Å². The van der Waals surface area contributed by atoms with Gasteiger partial charge in [-0.1, -0.05) is 6.42 Å². The van der Waals surface area contributed by atoms with Crippen LogP contribution in [0.3, 0.4) is 0 Å². The minimum absolute atomic E-state index is 0.128. The number of hydrogen-bond donors (Lipinski definition) is 2. The van der Waals surface area contributed by atoms with Crippen molar-refractivity contribution in [3.63, 3.8) is 0 Å². The van der Waals surface area contributed by atoms with Gasteiger partial charge in [0.15, 0.2) is 0 Å². The maximum atomic E-state index is 11.2. The first-order chi connectivity index (χ1) is 6.59. The van der Waals surface area contributed by atoms with E-state index >= 15 is 0 Å². The maximum absolute atomic E-state index is 11.2. The van der Waals surface area contributed by atoms with Crippen molar-refractivity contribution in [2.45, 2.75) is 26.2 Å². The molecule has 0 aromatic rings. The van der Waals surface area contributed by atoms with E-state index in [0.717, 1.165) is 19.3 Å². The van der Waals surface area contributed by atoms with E-state index in [0.29, 0.717) is 12.5 Å². The Hall–Kier alpha value is -0.130. The van der Waals surface area contributed by atoms with E-state index < -0.39 is 10.0 Å². The molecule has 4 nitrogen and oxygen atoms in total. The summed E-state index contributed by atoms with van der Waals surface area (Å²) in [7, 11) is -3.07. The van der Waals surface area contributed by atoms with Crippen LogP contribution in [0, 0.1) is 11.8 Å². The molecule has 0 spiro atoms. The molecule has 0 amide bonds. The molecule has 1 aliphatic rings. The Morgan fingerprint density at radius 1 is 1.36 bits per heavy atom. The van der Waals surface area contributed by atoms with Crippen LogP contribution >= 0.6 is 0 Å². The molecule has 1 saturated carbocycles. The van der Waals surface area contributed by atoms with Gasteiger partial charge in [0.05, 0.1) is 5.75 Å². The van der Waals surface area contributed by atoms with Crippen LogP contribution in [0.25, 0.3) is 0 Å². The van der Waals surface area contributed by atoms with E-state index in [1.54, 1.807) is 6.92 Å². The molecule has 1 fully saturated rings. The van der Waals surface area contributed by atoms with Gasteiger partial charge in [-0.25, -0.2) is 13.1 Å². The lowest BCUT2D eigenvalue weighted by Gasteiger charge is -2.17. The van der Waals surface area contributed by atoms with Crippen LogP contribution in [0.4, 0.5) is 0 Å². The predicted octanol–water partition coefficient (Wildman–Crippen LogP) is 0.334. The zero-order valence-corrected chi connectivity index (χ0v) is 9.39. The Morgan fingerprint density at radius 3 is 2.57 bits per heavy atom. The first-order valence-electron chi connectivity index (χ1n) is 5.17. The van der Waals surface area contributed by atoms with Crippen LogP contribution in [0.5, 0.6) is 0 Å². The molecule has 84 valence electrons. The van der Waals surface area contributed by atoms with Crippen molar-refractivity contribution >= 4 is 10.0 Å². The lowest BCUT2D eigenvalue weighted by Crippen LogP contribution is -2.32. The highest BCUT2D eigenvalue weighted by molar-refractivity contribution is 7.89. The number of nitrogens with one attached hydrogen (secondary N) is 1. The first-order valence-corrected chi connectivity index (χ1v) is 6.82. The van der Waals surface area contributed by atoms with E-state index in [4.69, 9.17) is 5.11 Å². The Balaban J connectivity index is 2.38. The van der Waals surface area contributed by atoms with Crippen molar-refractivity contribution in [2.24, 2.45) is 11.8 Å². The minimum atomic E-state index is -3.07. The molecule has 2 atom stereocenters. The lowest BCUT2D eigenvalue weighted by atomic mass is 9.97. The summed E-state index contributed by atoms with van der Waals surface area (Å²) in [5.41, 5.74) is 0. The van der Waals surface area contributed by atoms with Gasteiger partial charge in [0.1, 0.15) is 0 Å². The molecular formula is C9H19NO3S. The lowest BCUT2D eigenvalue weighted by molar-refractivity contribution is 0.195. The van der Waals surface area contributed by atoms with Gasteiger partial charge in [0.2, 0.25) is 10.0 Å². The van der Waals surface area contributed by atoms with Crippen molar-refractivity contribution in [3.8, 4) is 0 Å². The third kappa shape index (κ3) is 3.22. The van der Waals surface area contributed by atoms with E-state index in [2.05, 4.69) is 4.72 Å². The summed E-state index contributed by atoms with van der Waals surface area (Å²) in [6.45, 7) is 2.29. The first kappa shape index (κ1) is 11.9. The second kappa shape index (κ2) is 5.09. The molecule has 1 aliphatic carbocycles. The van der Waals surface area contributed by atoms with Crippen molar-refractivity contribution in [1.29, 1.82) is 0 Å². The van der Waals surface area contributed by atoms with Gasteiger partial charge in [0, 0.05) is 13.2 Å². The average Bonchev–Trinajstić information content (AvgIpc) is 2.62. The van der Waals surface area contributed by atoms with Crippen LogP contribution in [-0.4, -0.2) is 32.4 Å². The standard InChI is InChI=1S/C9H19NO3S/c1-2-14(12,13)10-6-8-4-3-5-9(8)7-11/h8-11H,2-7H2,1H3. The summed E-state index contributed by atoms with van der Waals surface area (Å²) in [5, 5.41) is 9.05. The maximum Gasteiger partial charge on any atom is 0.211 e. The number of rotatable bonds is 5.